The minimum absolute atomic E-state index is 0.0936. The Hall–Kier alpha value is -1.92. The maximum Gasteiger partial charge on any atom is 0.317 e. The topological polar surface area (TPSA) is 57.3 Å². The third kappa shape index (κ3) is 3.70. The van der Waals surface area contributed by atoms with Crippen molar-refractivity contribution in [1.82, 2.24) is 20.5 Å². The lowest BCUT2D eigenvalue weighted by Gasteiger charge is -2.27. The molecule has 2 atom stereocenters. The molecule has 1 aromatic carbocycles. The van der Waals surface area contributed by atoms with Crippen LogP contribution in [-0.2, 0) is 6.42 Å². The quantitative estimate of drug-likeness (QED) is 0.886. The molecular formula is C19H24N4OS. The number of amides is 2. The first-order chi connectivity index (χ1) is 12.3. The van der Waals surface area contributed by atoms with Crippen LogP contribution in [0.15, 0.2) is 35.7 Å². The smallest absolute Gasteiger partial charge is 0.317 e. The number of hydrogen-bond donors (Lipinski definition) is 2. The minimum Gasteiger partial charge on any atom is -0.338 e. The second-order valence-corrected chi connectivity index (χ2v) is 7.70. The van der Waals surface area contributed by atoms with Gasteiger partial charge in [-0.3, -0.25) is 0 Å². The maximum absolute atomic E-state index is 12.6. The highest BCUT2D eigenvalue weighted by atomic mass is 32.1. The van der Waals surface area contributed by atoms with E-state index in [1.165, 1.54) is 0 Å². The van der Waals surface area contributed by atoms with Gasteiger partial charge in [0.15, 0.2) is 0 Å². The summed E-state index contributed by atoms with van der Waals surface area (Å²) in [5, 5.41) is 9.70. The summed E-state index contributed by atoms with van der Waals surface area (Å²) in [6.07, 6.45) is 4.12. The molecular weight excluding hydrogens is 332 g/mol. The van der Waals surface area contributed by atoms with Gasteiger partial charge in [-0.2, -0.15) is 0 Å². The van der Waals surface area contributed by atoms with Crippen LogP contribution < -0.4 is 10.6 Å². The van der Waals surface area contributed by atoms with Crippen molar-refractivity contribution in [2.45, 2.75) is 37.8 Å². The Morgan fingerprint density at radius 2 is 2.08 bits per heavy atom. The zero-order chi connectivity index (χ0) is 17.1. The first-order valence-electron chi connectivity index (χ1n) is 9.08. The molecule has 5 nitrogen and oxygen atoms in total. The molecule has 132 valence electrons. The Labute approximate surface area is 152 Å². The zero-order valence-corrected chi connectivity index (χ0v) is 15.1. The van der Waals surface area contributed by atoms with Crippen LogP contribution in [0.4, 0.5) is 4.79 Å². The second kappa shape index (κ2) is 7.54. The normalized spacial score (nSPS) is 22.6. The Bertz CT molecular complexity index is 703. The van der Waals surface area contributed by atoms with Gasteiger partial charge in [0.2, 0.25) is 0 Å². The maximum atomic E-state index is 12.6. The number of hydrogen-bond acceptors (Lipinski definition) is 4. The number of nitrogens with one attached hydrogen (secondary N) is 2. The molecule has 2 saturated heterocycles. The number of fused-ring (bicyclic) bond motifs is 2. The second-order valence-electron chi connectivity index (χ2n) is 6.76. The van der Waals surface area contributed by atoms with Crippen LogP contribution in [0, 0.1) is 0 Å². The fourth-order valence-corrected chi connectivity index (χ4v) is 4.66. The Balaban J connectivity index is 1.31. The zero-order valence-electron chi connectivity index (χ0n) is 14.3. The highest BCUT2D eigenvalue weighted by Gasteiger charge is 2.37. The number of thiazole rings is 1. The van der Waals surface area contributed by atoms with Gasteiger partial charge in [0.1, 0.15) is 0 Å². The molecule has 2 bridgehead atoms. The lowest BCUT2D eigenvalue weighted by Crippen LogP contribution is -2.48. The number of rotatable bonds is 4. The molecule has 0 radical (unpaired) electrons. The summed E-state index contributed by atoms with van der Waals surface area (Å²) in [5.41, 5.74) is 2.16. The van der Waals surface area contributed by atoms with E-state index in [-0.39, 0.29) is 6.03 Å². The van der Waals surface area contributed by atoms with E-state index in [0.717, 1.165) is 55.0 Å². The summed E-state index contributed by atoms with van der Waals surface area (Å²) in [6.45, 7) is 2.59. The molecule has 2 unspecified atom stereocenters. The van der Waals surface area contributed by atoms with E-state index in [1.54, 1.807) is 11.3 Å². The van der Waals surface area contributed by atoms with E-state index >= 15 is 0 Å². The van der Waals surface area contributed by atoms with Crippen LogP contribution in [0.3, 0.4) is 0 Å². The molecule has 2 N–H and O–H groups in total. The van der Waals surface area contributed by atoms with Crippen LogP contribution >= 0.6 is 11.3 Å². The van der Waals surface area contributed by atoms with Gasteiger partial charge in [0, 0.05) is 42.5 Å². The number of nitrogens with zero attached hydrogens (tertiary/aromatic N) is 2. The molecule has 3 heterocycles. The first-order valence-corrected chi connectivity index (χ1v) is 9.96. The molecule has 2 fully saturated rings. The molecule has 0 spiro atoms. The fraction of sp³-hybridized carbons (Fsp3) is 0.474. The van der Waals surface area contributed by atoms with Crippen LogP contribution in [0.25, 0.3) is 11.3 Å². The van der Waals surface area contributed by atoms with Crippen LogP contribution in [0.2, 0.25) is 0 Å². The summed E-state index contributed by atoms with van der Waals surface area (Å²) in [7, 11) is 0. The standard InChI is InChI=1S/C19H24N4OS/c24-19(23-15-6-7-16(23)12-20-10-8-15)21-11-9-18-22-17(13-25-18)14-4-2-1-3-5-14/h1-5,13,15-16,20H,6-12H2,(H,21,24). The van der Waals surface area contributed by atoms with E-state index in [1.807, 2.05) is 18.2 Å². The van der Waals surface area contributed by atoms with Crippen molar-refractivity contribution in [1.29, 1.82) is 0 Å². The van der Waals surface area contributed by atoms with Gasteiger partial charge in [-0.05, 0) is 25.8 Å². The van der Waals surface area contributed by atoms with Crippen molar-refractivity contribution < 1.29 is 4.79 Å². The molecule has 2 aromatic rings. The lowest BCUT2D eigenvalue weighted by molar-refractivity contribution is 0.176. The van der Waals surface area contributed by atoms with Crippen molar-refractivity contribution >= 4 is 17.4 Å². The van der Waals surface area contributed by atoms with E-state index in [0.29, 0.717) is 18.6 Å². The summed E-state index contributed by atoms with van der Waals surface area (Å²) in [6, 6.07) is 11.1. The number of carbonyl (C=O) groups excluding carboxylic acids is 1. The number of aromatic nitrogens is 1. The molecule has 2 aliphatic heterocycles. The van der Waals surface area contributed by atoms with E-state index in [4.69, 9.17) is 4.98 Å². The minimum atomic E-state index is 0.0936. The van der Waals surface area contributed by atoms with Crippen molar-refractivity contribution in [2.75, 3.05) is 19.6 Å². The van der Waals surface area contributed by atoms with Gasteiger partial charge < -0.3 is 15.5 Å². The molecule has 1 aromatic heterocycles. The van der Waals surface area contributed by atoms with Crippen LogP contribution in [0.1, 0.15) is 24.3 Å². The molecule has 4 rings (SSSR count). The molecule has 6 heteroatoms. The third-order valence-electron chi connectivity index (χ3n) is 5.13. The van der Waals surface area contributed by atoms with Crippen molar-refractivity contribution in [3.8, 4) is 11.3 Å². The van der Waals surface area contributed by atoms with Gasteiger partial charge in [0.25, 0.3) is 0 Å². The average molecular weight is 356 g/mol. The van der Waals surface area contributed by atoms with Gasteiger partial charge in [-0.15, -0.1) is 11.3 Å². The van der Waals surface area contributed by atoms with Crippen LogP contribution in [0.5, 0.6) is 0 Å². The Morgan fingerprint density at radius 1 is 1.24 bits per heavy atom. The average Bonchev–Trinajstić information content (AvgIpc) is 3.19. The van der Waals surface area contributed by atoms with Gasteiger partial charge >= 0.3 is 6.03 Å². The van der Waals surface area contributed by atoms with Crippen LogP contribution in [-0.4, -0.2) is 47.6 Å². The number of urea groups is 1. The largest absolute Gasteiger partial charge is 0.338 e. The van der Waals surface area contributed by atoms with Gasteiger partial charge in [0.05, 0.1) is 10.7 Å². The Morgan fingerprint density at radius 3 is 2.96 bits per heavy atom. The monoisotopic (exact) mass is 356 g/mol. The number of benzene rings is 1. The molecule has 0 saturated carbocycles. The van der Waals surface area contributed by atoms with Crippen molar-refractivity contribution in [3.63, 3.8) is 0 Å². The van der Waals surface area contributed by atoms with Gasteiger partial charge in [-0.1, -0.05) is 30.3 Å². The predicted molar refractivity (Wildman–Crippen MR) is 101 cm³/mol. The Kier molecular flexibility index (Phi) is 4.99. The van der Waals surface area contributed by atoms with Gasteiger partial charge in [-0.25, -0.2) is 9.78 Å². The highest BCUT2D eigenvalue weighted by Crippen LogP contribution is 2.27. The molecule has 2 aliphatic rings. The highest BCUT2D eigenvalue weighted by molar-refractivity contribution is 7.09. The first kappa shape index (κ1) is 16.5. The summed E-state index contributed by atoms with van der Waals surface area (Å²) in [5.74, 6) is 0. The number of carbonyl (C=O) groups is 1. The molecule has 2 amide bonds. The molecule has 25 heavy (non-hydrogen) atoms. The van der Waals surface area contributed by atoms with Crippen molar-refractivity contribution in [2.24, 2.45) is 0 Å². The third-order valence-corrected chi connectivity index (χ3v) is 6.03. The van der Waals surface area contributed by atoms with E-state index in [2.05, 4.69) is 33.0 Å². The summed E-state index contributed by atoms with van der Waals surface area (Å²) in [4.78, 5) is 19.4. The van der Waals surface area contributed by atoms with E-state index < -0.39 is 0 Å². The summed E-state index contributed by atoms with van der Waals surface area (Å²) < 4.78 is 0. The van der Waals surface area contributed by atoms with Crippen molar-refractivity contribution in [3.05, 3.63) is 40.7 Å². The SMILES string of the molecule is O=C(NCCc1nc(-c2ccccc2)cs1)N1C2CCNCC1CC2. The summed E-state index contributed by atoms with van der Waals surface area (Å²) >= 11 is 1.66. The van der Waals surface area contributed by atoms with E-state index in [9.17, 15) is 4.79 Å². The predicted octanol–water partition coefficient (Wildman–Crippen LogP) is 2.89. The molecule has 0 aliphatic carbocycles. The lowest BCUT2D eigenvalue weighted by atomic mass is 10.1. The fourth-order valence-electron chi connectivity index (χ4n) is 3.85.